The molecule has 0 atom stereocenters. The number of benzene rings is 3. The van der Waals surface area contributed by atoms with E-state index in [0.717, 1.165) is 46.7 Å². The van der Waals surface area contributed by atoms with Crippen LogP contribution < -0.4 is 14.2 Å². The summed E-state index contributed by atoms with van der Waals surface area (Å²) in [6.45, 7) is 3.76. The summed E-state index contributed by atoms with van der Waals surface area (Å²) in [6, 6.07) is 23.5. The van der Waals surface area contributed by atoms with Gasteiger partial charge in [0.05, 0.1) is 16.4 Å². The maximum absolute atomic E-state index is 11.3. The average molecular weight is 517 g/mol. The molecule has 8 heteroatoms. The first-order valence-electron chi connectivity index (χ1n) is 11.8. The fourth-order valence-corrected chi connectivity index (χ4v) is 6.29. The van der Waals surface area contributed by atoms with Crippen molar-refractivity contribution in [1.82, 2.24) is 0 Å². The Bertz CT molecular complexity index is 1460. The Balaban J connectivity index is 1.32. The topological polar surface area (TPSA) is 59.5 Å². The molecule has 0 saturated carbocycles. The van der Waals surface area contributed by atoms with Crippen molar-refractivity contribution >= 4 is 50.8 Å². The number of para-hydroxylation sites is 4. The van der Waals surface area contributed by atoms with Crippen LogP contribution in [0.3, 0.4) is 0 Å². The maximum Gasteiger partial charge on any atom is 0.273 e. The third kappa shape index (κ3) is 5.01. The number of hydrogen-bond acceptors (Lipinski definition) is 6. The Morgan fingerprint density at radius 2 is 1.86 bits per heavy atom. The van der Waals surface area contributed by atoms with E-state index < -0.39 is 0 Å². The summed E-state index contributed by atoms with van der Waals surface area (Å²) >= 11 is 3.47. The van der Waals surface area contributed by atoms with Crippen molar-refractivity contribution in [2.24, 2.45) is 0 Å². The second-order valence-electron chi connectivity index (χ2n) is 8.18. The minimum atomic E-state index is -0.305. The fraction of sp³-hybridized carbons (Fsp3) is 0.179. The van der Waals surface area contributed by atoms with Crippen LogP contribution in [0.25, 0.3) is 16.3 Å². The summed E-state index contributed by atoms with van der Waals surface area (Å²) < 4.78 is 9.62. The van der Waals surface area contributed by atoms with Gasteiger partial charge in [0.2, 0.25) is 11.4 Å². The van der Waals surface area contributed by atoms with Crippen LogP contribution in [0.1, 0.15) is 17.5 Å². The van der Waals surface area contributed by atoms with Crippen molar-refractivity contribution in [1.29, 1.82) is 0 Å². The zero-order valence-electron chi connectivity index (χ0n) is 19.9. The SMILES string of the molecule is CCN1C(=CC=Cc2sc3ccccc3[n+]2CCSCc2ccccc2[N+](=O)[O-])Oc2ccccc21. The molecule has 0 bridgehead atoms. The lowest BCUT2D eigenvalue weighted by molar-refractivity contribution is -0.664. The molecule has 5 rings (SSSR count). The molecule has 4 aromatic rings. The van der Waals surface area contributed by atoms with Gasteiger partial charge in [-0.1, -0.05) is 53.8 Å². The zero-order valence-corrected chi connectivity index (χ0v) is 21.5. The largest absolute Gasteiger partial charge is 0.439 e. The number of nitrogens with zero attached hydrogens (tertiary/aromatic N) is 3. The van der Waals surface area contributed by atoms with Crippen LogP contribution in [0.4, 0.5) is 11.4 Å². The molecule has 0 aliphatic carbocycles. The zero-order chi connectivity index (χ0) is 24.9. The number of nitro groups is 1. The van der Waals surface area contributed by atoms with Gasteiger partial charge >= 0.3 is 0 Å². The number of aryl methyl sites for hydroxylation is 1. The van der Waals surface area contributed by atoms with Gasteiger partial charge in [-0.25, -0.2) is 0 Å². The number of aromatic nitrogens is 1. The second-order valence-corrected chi connectivity index (χ2v) is 10.3. The third-order valence-electron chi connectivity index (χ3n) is 5.97. The smallest absolute Gasteiger partial charge is 0.273 e. The summed E-state index contributed by atoms with van der Waals surface area (Å²) in [5.74, 6) is 3.16. The minimum absolute atomic E-state index is 0.188. The van der Waals surface area contributed by atoms with E-state index in [0.29, 0.717) is 5.75 Å². The molecule has 182 valence electrons. The van der Waals surface area contributed by atoms with E-state index >= 15 is 0 Å². The predicted octanol–water partition coefficient (Wildman–Crippen LogP) is 6.80. The lowest BCUT2D eigenvalue weighted by Gasteiger charge is -2.14. The quantitative estimate of drug-likeness (QED) is 0.106. The Hall–Kier alpha value is -3.62. The first-order valence-corrected chi connectivity index (χ1v) is 13.8. The summed E-state index contributed by atoms with van der Waals surface area (Å²) in [5, 5.41) is 12.5. The van der Waals surface area contributed by atoms with Crippen molar-refractivity contribution in [2.45, 2.75) is 19.2 Å². The molecule has 1 aromatic heterocycles. The molecule has 0 fully saturated rings. The van der Waals surface area contributed by atoms with E-state index in [-0.39, 0.29) is 10.6 Å². The Labute approximate surface area is 218 Å². The molecule has 1 aliphatic rings. The minimum Gasteiger partial charge on any atom is -0.439 e. The van der Waals surface area contributed by atoms with Gasteiger partial charge in [-0.3, -0.25) is 10.1 Å². The standard InChI is InChI=1S/C28H26N3O3S2/c1-2-29-23-12-5-7-14-25(23)34-27(29)16-9-17-28-30(24-13-6-8-15-26(24)36-28)18-19-35-20-21-10-3-4-11-22(21)31(32)33/h3-17H,2,18-20H2,1H3/q+1. The van der Waals surface area contributed by atoms with Gasteiger partial charge in [-0.05, 0) is 37.3 Å². The first-order chi connectivity index (χ1) is 17.7. The predicted molar refractivity (Wildman–Crippen MR) is 148 cm³/mol. The summed E-state index contributed by atoms with van der Waals surface area (Å²) in [6.07, 6.45) is 6.19. The van der Waals surface area contributed by atoms with Gasteiger partial charge in [-0.2, -0.15) is 16.3 Å². The number of thioether (sulfide) groups is 1. The normalized spacial score (nSPS) is 14.0. The Morgan fingerprint density at radius 3 is 2.72 bits per heavy atom. The van der Waals surface area contributed by atoms with E-state index in [4.69, 9.17) is 4.74 Å². The molecule has 2 heterocycles. The molecular weight excluding hydrogens is 490 g/mol. The van der Waals surface area contributed by atoms with E-state index in [9.17, 15) is 10.1 Å². The molecule has 6 nitrogen and oxygen atoms in total. The molecule has 1 aliphatic heterocycles. The van der Waals surface area contributed by atoms with Crippen LogP contribution in [0, 0.1) is 10.1 Å². The van der Waals surface area contributed by atoms with Gasteiger partial charge < -0.3 is 9.64 Å². The lowest BCUT2D eigenvalue weighted by Crippen LogP contribution is -2.36. The van der Waals surface area contributed by atoms with Gasteiger partial charge in [0.15, 0.2) is 12.3 Å². The van der Waals surface area contributed by atoms with Gasteiger partial charge in [0.25, 0.3) is 10.7 Å². The van der Waals surface area contributed by atoms with Crippen molar-refractivity contribution in [2.75, 3.05) is 17.2 Å². The highest BCUT2D eigenvalue weighted by atomic mass is 32.2. The number of thiazole rings is 1. The molecular formula is C28H26N3O3S2+. The molecule has 0 unspecified atom stereocenters. The number of anilines is 1. The molecule has 0 saturated heterocycles. The van der Waals surface area contributed by atoms with Crippen LogP contribution >= 0.6 is 23.1 Å². The van der Waals surface area contributed by atoms with Crippen molar-refractivity contribution < 1.29 is 14.2 Å². The Kier molecular flexibility index (Phi) is 7.34. The van der Waals surface area contributed by atoms with E-state index in [2.05, 4.69) is 52.8 Å². The van der Waals surface area contributed by atoms with Crippen LogP contribution in [0.15, 0.2) is 90.8 Å². The molecule has 0 amide bonds. The fourth-order valence-electron chi connectivity index (χ4n) is 4.27. The van der Waals surface area contributed by atoms with Crippen LogP contribution in [0.5, 0.6) is 5.75 Å². The van der Waals surface area contributed by atoms with Crippen molar-refractivity contribution in [3.8, 4) is 5.75 Å². The number of hydrogen-bond donors (Lipinski definition) is 0. The molecule has 3 aromatic carbocycles. The van der Waals surface area contributed by atoms with Crippen LogP contribution in [-0.2, 0) is 12.3 Å². The lowest BCUT2D eigenvalue weighted by atomic mass is 10.2. The molecule has 0 N–H and O–H groups in total. The van der Waals surface area contributed by atoms with Gasteiger partial charge in [0, 0.05) is 36.1 Å². The highest BCUT2D eigenvalue weighted by Crippen LogP contribution is 2.38. The Morgan fingerprint density at radius 1 is 1.08 bits per heavy atom. The highest BCUT2D eigenvalue weighted by molar-refractivity contribution is 7.98. The summed E-state index contributed by atoms with van der Waals surface area (Å²) in [5.41, 5.74) is 3.23. The molecule has 0 radical (unpaired) electrons. The summed E-state index contributed by atoms with van der Waals surface area (Å²) in [4.78, 5) is 13.2. The van der Waals surface area contributed by atoms with Crippen LogP contribution in [-0.4, -0.2) is 17.2 Å². The van der Waals surface area contributed by atoms with E-state index in [1.54, 1.807) is 35.2 Å². The number of allylic oxidation sites excluding steroid dienone is 2. The number of rotatable bonds is 9. The number of ether oxygens (including phenoxy) is 1. The van der Waals surface area contributed by atoms with Gasteiger partial charge in [0.1, 0.15) is 4.70 Å². The molecule has 36 heavy (non-hydrogen) atoms. The van der Waals surface area contributed by atoms with Crippen molar-refractivity contribution in [3.63, 3.8) is 0 Å². The monoisotopic (exact) mass is 516 g/mol. The number of nitro benzene ring substituents is 1. The summed E-state index contributed by atoms with van der Waals surface area (Å²) in [7, 11) is 0. The van der Waals surface area contributed by atoms with E-state index in [1.165, 1.54) is 10.2 Å². The van der Waals surface area contributed by atoms with E-state index in [1.807, 2.05) is 42.5 Å². The van der Waals surface area contributed by atoms with Crippen LogP contribution in [0.2, 0.25) is 0 Å². The number of fused-ring (bicyclic) bond motifs is 2. The second kappa shape index (κ2) is 11.0. The maximum atomic E-state index is 11.3. The average Bonchev–Trinajstić information content (AvgIpc) is 3.44. The highest BCUT2D eigenvalue weighted by Gasteiger charge is 2.24. The third-order valence-corrected chi connectivity index (χ3v) is 8.09. The van der Waals surface area contributed by atoms with Gasteiger partial charge in [-0.15, -0.1) is 0 Å². The van der Waals surface area contributed by atoms with Crippen molar-refractivity contribution in [3.05, 3.63) is 112 Å². The molecule has 0 spiro atoms. The first kappa shape index (κ1) is 24.1.